The molecular weight excluding hydrogens is 464 g/mol. The summed E-state index contributed by atoms with van der Waals surface area (Å²) in [6.07, 6.45) is 18.0. The van der Waals surface area contributed by atoms with Crippen LogP contribution in [0.4, 0.5) is 11.4 Å². The minimum atomic E-state index is 0.0762. The molecule has 0 bridgehead atoms. The maximum atomic E-state index is 6.26. The number of hydrogen-bond acceptors (Lipinski definition) is 3. The van der Waals surface area contributed by atoms with Crippen molar-refractivity contribution >= 4 is 56.2 Å². The summed E-state index contributed by atoms with van der Waals surface area (Å²) in [5.74, 6) is 0. The van der Waals surface area contributed by atoms with Gasteiger partial charge in [0, 0.05) is 22.7 Å². The Kier molecular flexibility index (Phi) is 5.48. The molecule has 2 N–H and O–H groups in total. The molecule has 0 saturated carbocycles. The maximum Gasteiger partial charge on any atom is 0.143 e. The lowest BCUT2D eigenvalue weighted by Gasteiger charge is -2.28. The third-order valence-corrected chi connectivity index (χ3v) is 7.53. The lowest BCUT2D eigenvalue weighted by atomic mass is 9.96. The fraction of sp³-hybridized carbons (Fsp3) is 0.0857. The number of benzene rings is 4. The van der Waals surface area contributed by atoms with Crippen LogP contribution in [0.1, 0.15) is 16.7 Å². The molecule has 7 rings (SSSR count). The highest BCUT2D eigenvalue weighted by atomic mass is 16.3. The second kappa shape index (κ2) is 9.28. The summed E-state index contributed by atoms with van der Waals surface area (Å²) >= 11 is 0. The zero-order chi connectivity index (χ0) is 25.5. The molecule has 0 amide bonds. The first-order chi connectivity index (χ1) is 18.8. The van der Waals surface area contributed by atoms with Crippen LogP contribution in [0.2, 0.25) is 0 Å². The van der Waals surface area contributed by atoms with Gasteiger partial charge >= 0.3 is 0 Å². The molecule has 5 aromatic rings. The van der Waals surface area contributed by atoms with Gasteiger partial charge in [-0.2, -0.15) is 0 Å². The van der Waals surface area contributed by atoms with Gasteiger partial charge in [-0.15, -0.1) is 0 Å². The van der Waals surface area contributed by atoms with E-state index in [1.807, 2.05) is 6.08 Å². The van der Waals surface area contributed by atoms with Gasteiger partial charge in [-0.05, 0) is 52.3 Å². The van der Waals surface area contributed by atoms with Crippen molar-refractivity contribution in [2.45, 2.75) is 12.5 Å². The summed E-state index contributed by atoms with van der Waals surface area (Å²) in [5, 5.41) is 11.9. The number of nitrogens with one attached hydrogen (secondary N) is 2. The second-order valence-electron chi connectivity index (χ2n) is 9.86. The van der Waals surface area contributed by atoms with Crippen molar-refractivity contribution in [3.05, 3.63) is 132 Å². The van der Waals surface area contributed by atoms with Gasteiger partial charge in [-0.3, -0.25) is 0 Å². The normalized spacial score (nSPS) is 16.5. The quantitative estimate of drug-likeness (QED) is 0.241. The van der Waals surface area contributed by atoms with Crippen molar-refractivity contribution in [2.75, 3.05) is 17.2 Å². The predicted molar refractivity (Wildman–Crippen MR) is 163 cm³/mol. The van der Waals surface area contributed by atoms with Crippen LogP contribution < -0.4 is 10.6 Å². The number of rotatable bonds is 5. The molecule has 1 aromatic heterocycles. The molecule has 184 valence electrons. The van der Waals surface area contributed by atoms with E-state index in [0.29, 0.717) is 0 Å². The third-order valence-electron chi connectivity index (χ3n) is 7.53. The second-order valence-corrected chi connectivity index (χ2v) is 9.86. The summed E-state index contributed by atoms with van der Waals surface area (Å²) in [5.41, 5.74) is 9.04. The maximum absolute atomic E-state index is 6.26. The Morgan fingerprint density at radius 2 is 1.82 bits per heavy atom. The van der Waals surface area contributed by atoms with Gasteiger partial charge < -0.3 is 15.1 Å². The summed E-state index contributed by atoms with van der Waals surface area (Å²) in [6, 6.07) is 23.7. The molecule has 4 aromatic carbocycles. The van der Waals surface area contributed by atoms with Crippen LogP contribution in [-0.2, 0) is 6.42 Å². The molecule has 2 aliphatic rings. The lowest BCUT2D eigenvalue weighted by molar-refractivity contribution is 0.672. The van der Waals surface area contributed by atoms with Crippen LogP contribution in [0.25, 0.3) is 44.9 Å². The number of fused-ring (bicyclic) bond motifs is 8. The fourth-order valence-corrected chi connectivity index (χ4v) is 5.56. The van der Waals surface area contributed by atoms with E-state index in [2.05, 4.69) is 126 Å². The molecule has 38 heavy (non-hydrogen) atoms. The average molecular weight is 493 g/mol. The Balaban J connectivity index is 1.12. The Morgan fingerprint density at radius 3 is 2.74 bits per heavy atom. The van der Waals surface area contributed by atoms with Gasteiger partial charge in [-0.25, -0.2) is 0 Å². The molecule has 0 fully saturated rings. The van der Waals surface area contributed by atoms with E-state index in [1.54, 1.807) is 0 Å². The number of furan rings is 1. The highest BCUT2D eigenvalue weighted by Crippen LogP contribution is 2.38. The molecule has 3 nitrogen and oxygen atoms in total. The average Bonchev–Trinajstić information content (AvgIpc) is 3.35. The smallest absolute Gasteiger partial charge is 0.143 e. The van der Waals surface area contributed by atoms with Gasteiger partial charge in [0.1, 0.15) is 11.2 Å². The van der Waals surface area contributed by atoms with Crippen molar-refractivity contribution in [1.82, 2.24) is 0 Å². The van der Waals surface area contributed by atoms with E-state index in [4.69, 9.17) is 4.42 Å². The highest BCUT2D eigenvalue weighted by Gasteiger charge is 2.20. The van der Waals surface area contributed by atoms with Crippen LogP contribution >= 0.6 is 0 Å². The Bertz CT molecular complexity index is 1850. The van der Waals surface area contributed by atoms with Crippen molar-refractivity contribution in [3.8, 4) is 0 Å². The first kappa shape index (κ1) is 22.4. The zero-order valence-corrected chi connectivity index (χ0v) is 21.1. The monoisotopic (exact) mass is 492 g/mol. The van der Waals surface area contributed by atoms with Crippen LogP contribution in [0.15, 0.2) is 120 Å². The van der Waals surface area contributed by atoms with E-state index in [-0.39, 0.29) is 6.04 Å². The Morgan fingerprint density at radius 1 is 0.921 bits per heavy atom. The summed E-state index contributed by atoms with van der Waals surface area (Å²) < 4.78 is 6.26. The van der Waals surface area contributed by atoms with Crippen molar-refractivity contribution < 1.29 is 4.42 Å². The first-order valence-electron chi connectivity index (χ1n) is 13.1. The third kappa shape index (κ3) is 3.84. The summed E-state index contributed by atoms with van der Waals surface area (Å²) in [6.45, 7) is 4.93. The van der Waals surface area contributed by atoms with Gasteiger partial charge in [0.05, 0.1) is 17.4 Å². The van der Waals surface area contributed by atoms with Crippen LogP contribution in [0, 0.1) is 0 Å². The molecule has 2 aliphatic heterocycles. The van der Waals surface area contributed by atoms with Crippen molar-refractivity contribution in [1.29, 1.82) is 0 Å². The van der Waals surface area contributed by atoms with Gasteiger partial charge in [0.25, 0.3) is 0 Å². The molecule has 3 heterocycles. The Hall–Kier alpha value is -4.76. The molecule has 3 heteroatoms. The predicted octanol–water partition coefficient (Wildman–Crippen LogP) is 8.90. The van der Waals surface area contributed by atoms with E-state index < -0.39 is 0 Å². The molecular formula is C35H28N2O. The molecule has 1 atom stereocenters. The molecule has 0 saturated heterocycles. The molecule has 1 unspecified atom stereocenters. The highest BCUT2D eigenvalue weighted by molar-refractivity contribution is 6.15. The minimum absolute atomic E-state index is 0.0762. The SMILES string of the molecule is C=C/C(=C\C=C/Cc1ccc2oc3c4ccccc4ccc3c2c1)C1C=Cc2ccc3c(c2N1)NCC=C3. The topological polar surface area (TPSA) is 37.2 Å². The largest absolute Gasteiger partial charge is 0.455 e. The standard InChI is InChI=1S/C35H28N2O/c1-2-24(31-19-17-27-15-14-26-11-7-21-36-33(26)34(27)37-31)9-4-3-8-23-13-20-32-30(22-23)29-18-16-25-10-5-6-12-28(25)35(29)38-32/h2-7,9-20,22,31,36-37H,1,8,21H2/b4-3-,24-9+. The van der Waals surface area contributed by atoms with E-state index in [1.165, 1.54) is 38.5 Å². The summed E-state index contributed by atoms with van der Waals surface area (Å²) in [4.78, 5) is 0. The van der Waals surface area contributed by atoms with Crippen molar-refractivity contribution in [3.63, 3.8) is 0 Å². The van der Waals surface area contributed by atoms with Gasteiger partial charge in [-0.1, -0.05) is 104 Å². The minimum Gasteiger partial charge on any atom is -0.455 e. The molecule has 0 spiro atoms. The van der Waals surface area contributed by atoms with Crippen molar-refractivity contribution in [2.24, 2.45) is 0 Å². The van der Waals surface area contributed by atoms with Gasteiger partial charge in [0.15, 0.2) is 0 Å². The molecule has 0 radical (unpaired) electrons. The number of anilines is 2. The zero-order valence-electron chi connectivity index (χ0n) is 21.1. The Labute approximate surface area is 222 Å². The van der Waals surface area contributed by atoms with Crippen LogP contribution in [0.3, 0.4) is 0 Å². The lowest BCUT2D eigenvalue weighted by Crippen LogP contribution is -2.23. The van der Waals surface area contributed by atoms with E-state index >= 15 is 0 Å². The van der Waals surface area contributed by atoms with E-state index in [0.717, 1.165) is 40.8 Å². The van der Waals surface area contributed by atoms with Crippen LogP contribution in [-0.4, -0.2) is 12.6 Å². The summed E-state index contributed by atoms with van der Waals surface area (Å²) in [7, 11) is 0. The first-order valence-corrected chi connectivity index (χ1v) is 13.1. The van der Waals surface area contributed by atoms with Crippen LogP contribution in [0.5, 0.6) is 0 Å². The number of allylic oxidation sites excluding steroid dienone is 3. The molecule has 0 aliphatic carbocycles. The fourth-order valence-electron chi connectivity index (χ4n) is 5.56. The van der Waals surface area contributed by atoms with Gasteiger partial charge in [0.2, 0.25) is 0 Å². The van der Waals surface area contributed by atoms with E-state index in [9.17, 15) is 0 Å². The number of hydrogen-bond donors (Lipinski definition) is 2.